The van der Waals surface area contributed by atoms with E-state index >= 15 is 0 Å². The molecule has 1 rings (SSSR count). The van der Waals surface area contributed by atoms with Gasteiger partial charge in [-0.15, -0.1) is 0 Å². The molecular formula is C10H6ClF5O2. The van der Waals surface area contributed by atoms with Gasteiger partial charge in [-0.05, 0) is 19.1 Å². The second-order valence-electron chi connectivity index (χ2n) is 3.23. The van der Waals surface area contributed by atoms with Gasteiger partial charge in [-0.1, -0.05) is 11.6 Å². The molecule has 100 valence electrons. The van der Waals surface area contributed by atoms with Crippen LogP contribution in [0.5, 0.6) is 5.75 Å². The van der Waals surface area contributed by atoms with Crippen LogP contribution in [0.2, 0.25) is 5.02 Å². The predicted octanol–water partition coefficient (Wildman–Crippen LogP) is 4.16. The van der Waals surface area contributed by atoms with Crippen LogP contribution in [0.15, 0.2) is 12.1 Å². The zero-order valence-corrected chi connectivity index (χ0v) is 9.57. The van der Waals surface area contributed by atoms with Gasteiger partial charge < -0.3 is 4.74 Å². The highest BCUT2D eigenvalue weighted by atomic mass is 35.5. The number of ketones is 1. The molecule has 0 fully saturated rings. The van der Waals surface area contributed by atoms with Crippen molar-refractivity contribution in [1.82, 2.24) is 0 Å². The molecule has 0 aliphatic rings. The second kappa shape index (κ2) is 5.09. The van der Waals surface area contributed by atoms with E-state index in [1.165, 1.54) is 0 Å². The van der Waals surface area contributed by atoms with Crippen LogP contribution in [0.1, 0.15) is 22.8 Å². The van der Waals surface area contributed by atoms with Crippen LogP contribution in [-0.2, 0) is 6.18 Å². The van der Waals surface area contributed by atoms with E-state index in [4.69, 9.17) is 11.6 Å². The summed E-state index contributed by atoms with van der Waals surface area (Å²) < 4.78 is 65.7. The van der Waals surface area contributed by atoms with Crippen LogP contribution in [0.25, 0.3) is 0 Å². The first-order chi connectivity index (χ1) is 8.14. The van der Waals surface area contributed by atoms with E-state index in [0.29, 0.717) is 6.07 Å². The summed E-state index contributed by atoms with van der Waals surface area (Å²) >= 11 is 5.41. The maximum Gasteiger partial charge on any atom is 0.421 e. The van der Waals surface area contributed by atoms with Crippen molar-refractivity contribution in [1.29, 1.82) is 0 Å². The lowest BCUT2D eigenvalue weighted by Gasteiger charge is -2.16. The molecule has 0 N–H and O–H groups in total. The summed E-state index contributed by atoms with van der Waals surface area (Å²) in [7, 11) is 0. The Morgan fingerprint density at radius 3 is 2.28 bits per heavy atom. The Labute approximate surface area is 103 Å². The molecule has 0 aliphatic carbocycles. The van der Waals surface area contributed by atoms with E-state index in [1.807, 2.05) is 0 Å². The average molecular weight is 289 g/mol. The maximum absolute atomic E-state index is 12.7. The number of rotatable bonds is 3. The fourth-order valence-corrected chi connectivity index (χ4v) is 1.68. The Hall–Kier alpha value is -1.37. The first-order valence-electron chi connectivity index (χ1n) is 4.50. The Morgan fingerprint density at radius 2 is 1.89 bits per heavy atom. The molecule has 1 aromatic carbocycles. The maximum atomic E-state index is 12.7. The van der Waals surface area contributed by atoms with Gasteiger partial charge in [0.25, 0.3) is 0 Å². The van der Waals surface area contributed by atoms with Gasteiger partial charge in [0.15, 0.2) is 5.78 Å². The first-order valence-corrected chi connectivity index (χ1v) is 4.87. The van der Waals surface area contributed by atoms with Crippen LogP contribution in [-0.4, -0.2) is 12.4 Å². The molecule has 0 saturated carbocycles. The molecule has 0 aliphatic heterocycles. The quantitative estimate of drug-likeness (QED) is 0.616. The van der Waals surface area contributed by atoms with Crippen molar-refractivity contribution in [2.45, 2.75) is 19.7 Å². The van der Waals surface area contributed by atoms with Gasteiger partial charge in [-0.2, -0.15) is 22.0 Å². The summed E-state index contributed by atoms with van der Waals surface area (Å²) in [4.78, 5) is 11.0. The number of carbonyl (C=O) groups is 1. The Bertz CT molecular complexity index is 470. The van der Waals surface area contributed by atoms with Crippen molar-refractivity contribution in [3.05, 3.63) is 28.3 Å². The number of benzene rings is 1. The van der Waals surface area contributed by atoms with Crippen LogP contribution in [0.3, 0.4) is 0 Å². The smallest absolute Gasteiger partial charge is 0.421 e. The monoisotopic (exact) mass is 288 g/mol. The highest BCUT2D eigenvalue weighted by molar-refractivity contribution is 6.34. The van der Waals surface area contributed by atoms with E-state index in [-0.39, 0.29) is 0 Å². The zero-order chi connectivity index (χ0) is 14.1. The van der Waals surface area contributed by atoms with Crippen molar-refractivity contribution >= 4 is 17.4 Å². The molecule has 0 aromatic heterocycles. The minimum Gasteiger partial charge on any atom is -0.434 e. The lowest BCUT2D eigenvalue weighted by Crippen LogP contribution is -2.14. The van der Waals surface area contributed by atoms with Gasteiger partial charge in [0, 0.05) is 5.56 Å². The molecule has 0 radical (unpaired) electrons. The van der Waals surface area contributed by atoms with E-state index < -0.39 is 40.5 Å². The van der Waals surface area contributed by atoms with Crippen molar-refractivity contribution in [2.24, 2.45) is 0 Å². The van der Waals surface area contributed by atoms with E-state index in [1.54, 1.807) is 0 Å². The van der Waals surface area contributed by atoms with Gasteiger partial charge >= 0.3 is 12.8 Å². The van der Waals surface area contributed by atoms with Crippen molar-refractivity contribution in [2.75, 3.05) is 0 Å². The van der Waals surface area contributed by atoms with E-state index in [2.05, 4.69) is 4.74 Å². The highest BCUT2D eigenvalue weighted by Crippen LogP contribution is 2.43. The molecule has 0 atom stereocenters. The van der Waals surface area contributed by atoms with Gasteiger partial charge in [0.05, 0.1) is 5.02 Å². The number of Topliss-reactive ketones (excluding diaryl/α,β-unsaturated/α-hetero) is 1. The van der Waals surface area contributed by atoms with Crippen LogP contribution < -0.4 is 4.74 Å². The van der Waals surface area contributed by atoms with E-state index in [0.717, 1.165) is 13.0 Å². The number of ether oxygens (including phenoxy) is 1. The lowest BCUT2D eigenvalue weighted by molar-refractivity contribution is -0.141. The Balaban J connectivity index is 3.47. The Kier molecular flexibility index (Phi) is 4.16. The molecule has 0 amide bonds. The number of carbonyl (C=O) groups excluding carboxylic acids is 1. The fourth-order valence-electron chi connectivity index (χ4n) is 1.29. The summed E-state index contributed by atoms with van der Waals surface area (Å²) in [5, 5.41) is -0.951. The molecule has 18 heavy (non-hydrogen) atoms. The first kappa shape index (κ1) is 14.7. The minimum absolute atomic E-state index is 0.411. The largest absolute Gasteiger partial charge is 0.434 e. The molecule has 1 aromatic rings. The van der Waals surface area contributed by atoms with Gasteiger partial charge in [-0.3, -0.25) is 4.79 Å². The molecule has 0 spiro atoms. The normalized spacial score (nSPS) is 11.8. The molecule has 0 bridgehead atoms. The summed E-state index contributed by atoms with van der Waals surface area (Å²) in [5.41, 5.74) is -2.00. The lowest BCUT2D eigenvalue weighted by atomic mass is 10.1. The van der Waals surface area contributed by atoms with Gasteiger partial charge in [0.2, 0.25) is 0 Å². The van der Waals surface area contributed by atoms with Crippen molar-refractivity contribution < 1.29 is 31.5 Å². The second-order valence-corrected chi connectivity index (χ2v) is 3.61. The fraction of sp³-hybridized carbons (Fsp3) is 0.300. The SMILES string of the molecule is CC(=O)c1ccc(OC(F)F)c(C(F)(F)F)c1Cl. The number of alkyl halides is 5. The summed E-state index contributed by atoms with van der Waals surface area (Å²) in [6, 6.07) is 1.54. The summed E-state index contributed by atoms with van der Waals surface area (Å²) in [6.07, 6.45) is -5.01. The predicted molar refractivity (Wildman–Crippen MR) is 53.1 cm³/mol. The van der Waals surface area contributed by atoms with Crippen LogP contribution in [0, 0.1) is 0 Å². The average Bonchev–Trinajstić information content (AvgIpc) is 2.13. The van der Waals surface area contributed by atoms with Crippen molar-refractivity contribution in [3.63, 3.8) is 0 Å². The van der Waals surface area contributed by atoms with Crippen LogP contribution in [0.4, 0.5) is 22.0 Å². The third kappa shape index (κ3) is 3.10. The molecule has 2 nitrogen and oxygen atoms in total. The zero-order valence-electron chi connectivity index (χ0n) is 8.82. The third-order valence-corrected chi connectivity index (χ3v) is 2.38. The number of halogens is 6. The summed E-state index contributed by atoms with van der Waals surface area (Å²) in [5.74, 6) is -1.83. The summed E-state index contributed by atoms with van der Waals surface area (Å²) in [6.45, 7) is -2.42. The van der Waals surface area contributed by atoms with Crippen molar-refractivity contribution in [3.8, 4) is 5.75 Å². The van der Waals surface area contributed by atoms with Gasteiger partial charge in [0.1, 0.15) is 11.3 Å². The highest BCUT2D eigenvalue weighted by Gasteiger charge is 2.39. The van der Waals surface area contributed by atoms with E-state index in [9.17, 15) is 26.7 Å². The molecule has 8 heteroatoms. The molecular weight excluding hydrogens is 283 g/mol. The third-order valence-electron chi connectivity index (χ3n) is 1.98. The molecule has 0 saturated heterocycles. The molecule has 0 heterocycles. The topological polar surface area (TPSA) is 26.3 Å². The van der Waals surface area contributed by atoms with Crippen LogP contribution >= 0.6 is 11.6 Å². The Morgan fingerprint density at radius 1 is 1.33 bits per heavy atom. The minimum atomic E-state index is -5.01. The molecule has 0 unspecified atom stereocenters. The standard InChI is InChI=1S/C10H6ClF5O2/c1-4(17)5-2-3-6(18-9(12)13)7(8(5)11)10(14,15)16/h2-3,9H,1H3. The number of hydrogen-bond donors (Lipinski definition) is 0. The van der Waals surface area contributed by atoms with Gasteiger partial charge in [-0.25, -0.2) is 0 Å². The number of hydrogen-bond acceptors (Lipinski definition) is 2.